The normalized spacial score (nSPS) is 13.9. The van der Waals surface area contributed by atoms with E-state index in [1.807, 2.05) is 41.0 Å². The molecule has 2 N–H and O–H groups in total. The van der Waals surface area contributed by atoms with E-state index in [4.69, 9.17) is 21.4 Å². The van der Waals surface area contributed by atoms with Crippen molar-refractivity contribution in [3.8, 4) is 5.69 Å². The minimum Gasteiger partial charge on any atom is -0.396 e. The first kappa shape index (κ1) is 29.0. The molecule has 0 saturated carbocycles. The molecule has 1 amide bonds. The first-order valence-corrected chi connectivity index (χ1v) is 14.6. The zero-order chi connectivity index (χ0) is 28.6. The Balaban J connectivity index is 1.50. The molecule has 41 heavy (non-hydrogen) atoms. The molecule has 5 rings (SSSR count). The fourth-order valence-electron chi connectivity index (χ4n) is 5.23. The SMILES string of the molecule is O=C(NCc1ccc(Cl)cc1)c1cn(-c2cccc(CCCCCO)c2)c2ccc(CN3CCOCC3)cc2c1=O. The van der Waals surface area contributed by atoms with Crippen LogP contribution < -0.4 is 10.7 Å². The first-order chi connectivity index (χ1) is 20.0. The Morgan fingerprint density at radius 2 is 1.71 bits per heavy atom. The van der Waals surface area contributed by atoms with Crippen LogP contribution in [0.15, 0.2) is 77.7 Å². The summed E-state index contributed by atoms with van der Waals surface area (Å²) in [5.41, 5.74) is 4.56. The number of unbranched alkanes of at least 4 members (excludes halogenated alkanes) is 2. The zero-order valence-corrected chi connectivity index (χ0v) is 23.9. The van der Waals surface area contributed by atoms with Gasteiger partial charge in [-0.25, -0.2) is 0 Å². The number of carbonyl (C=O) groups excluding carboxylic acids is 1. The molecule has 8 heteroatoms. The van der Waals surface area contributed by atoms with Gasteiger partial charge in [-0.05, 0) is 72.4 Å². The van der Waals surface area contributed by atoms with Gasteiger partial charge in [0.2, 0.25) is 5.43 Å². The fraction of sp³-hybridized carbons (Fsp3) is 0.333. The minimum atomic E-state index is -0.417. The predicted molar refractivity (Wildman–Crippen MR) is 163 cm³/mol. The third-order valence-corrected chi connectivity index (χ3v) is 7.75. The van der Waals surface area contributed by atoms with Gasteiger partial charge in [-0.15, -0.1) is 0 Å². The van der Waals surface area contributed by atoms with Crippen LogP contribution in [0.5, 0.6) is 0 Å². The van der Waals surface area contributed by atoms with Crippen molar-refractivity contribution in [3.63, 3.8) is 0 Å². The lowest BCUT2D eigenvalue weighted by molar-refractivity contribution is 0.0342. The number of aromatic nitrogens is 1. The molecule has 1 aromatic heterocycles. The number of hydrogen-bond acceptors (Lipinski definition) is 5. The van der Waals surface area contributed by atoms with E-state index < -0.39 is 5.91 Å². The van der Waals surface area contributed by atoms with Gasteiger partial charge in [-0.2, -0.15) is 0 Å². The number of halogens is 1. The monoisotopic (exact) mass is 573 g/mol. The lowest BCUT2D eigenvalue weighted by Crippen LogP contribution is -2.35. The number of nitrogens with zero attached hydrogens (tertiary/aromatic N) is 2. The molecule has 1 aliphatic heterocycles. The van der Waals surface area contributed by atoms with Crippen LogP contribution in [-0.4, -0.2) is 53.4 Å². The number of rotatable bonds is 11. The summed E-state index contributed by atoms with van der Waals surface area (Å²) in [6, 6.07) is 21.4. The molecule has 0 atom stereocenters. The Labute approximate surface area is 245 Å². The highest BCUT2D eigenvalue weighted by Crippen LogP contribution is 2.22. The Morgan fingerprint density at radius 3 is 2.49 bits per heavy atom. The molecule has 4 aromatic rings. The molecule has 1 fully saturated rings. The number of nitrogens with one attached hydrogen (secondary N) is 1. The number of benzene rings is 3. The van der Waals surface area contributed by atoms with Crippen LogP contribution >= 0.6 is 11.6 Å². The van der Waals surface area contributed by atoms with Gasteiger partial charge in [-0.3, -0.25) is 14.5 Å². The van der Waals surface area contributed by atoms with Gasteiger partial charge >= 0.3 is 0 Å². The summed E-state index contributed by atoms with van der Waals surface area (Å²) in [4.78, 5) is 29.5. The van der Waals surface area contributed by atoms with Crippen molar-refractivity contribution in [2.24, 2.45) is 0 Å². The molecule has 1 aliphatic rings. The van der Waals surface area contributed by atoms with Crippen molar-refractivity contribution < 1.29 is 14.6 Å². The van der Waals surface area contributed by atoms with Gasteiger partial charge in [0.1, 0.15) is 5.56 Å². The van der Waals surface area contributed by atoms with Gasteiger partial charge in [0.15, 0.2) is 0 Å². The summed E-state index contributed by atoms with van der Waals surface area (Å²) in [7, 11) is 0. The summed E-state index contributed by atoms with van der Waals surface area (Å²) < 4.78 is 7.43. The second-order valence-electron chi connectivity index (χ2n) is 10.5. The molecule has 0 unspecified atom stereocenters. The number of morpholine rings is 1. The van der Waals surface area contributed by atoms with E-state index in [-0.39, 0.29) is 24.1 Å². The van der Waals surface area contributed by atoms with Gasteiger partial charge in [-0.1, -0.05) is 48.4 Å². The number of ether oxygens (including phenoxy) is 1. The highest BCUT2D eigenvalue weighted by molar-refractivity contribution is 6.30. The van der Waals surface area contributed by atoms with Crippen LogP contribution in [0.1, 0.15) is 46.3 Å². The molecule has 0 aliphatic carbocycles. The summed E-state index contributed by atoms with van der Waals surface area (Å²) in [5, 5.41) is 13.2. The molecule has 3 aromatic carbocycles. The smallest absolute Gasteiger partial charge is 0.257 e. The van der Waals surface area contributed by atoms with E-state index in [0.717, 1.165) is 67.6 Å². The van der Waals surface area contributed by atoms with Crippen LogP contribution in [0.4, 0.5) is 0 Å². The average molecular weight is 574 g/mol. The molecular weight excluding hydrogens is 538 g/mol. The van der Waals surface area contributed by atoms with Gasteiger partial charge in [0.25, 0.3) is 5.91 Å². The number of fused-ring (bicyclic) bond motifs is 1. The van der Waals surface area contributed by atoms with E-state index in [9.17, 15) is 9.59 Å². The highest BCUT2D eigenvalue weighted by atomic mass is 35.5. The minimum absolute atomic E-state index is 0.100. The maximum atomic E-state index is 13.8. The first-order valence-electron chi connectivity index (χ1n) is 14.2. The molecule has 0 bridgehead atoms. The van der Waals surface area contributed by atoms with E-state index in [2.05, 4.69) is 28.4 Å². The second-order valence-corrected chi connectivity index (χ2v) is 10.9. The third kappa shape index (κ3) is 7.43. The van der Waals surface area contributed by atoms with Crippen molar-refractivity contribution in [3.05, 3.63) is 110 Å². The zero-order valence-electron chi connectivity index (χ0n) is 23.2. The molecule has 7 nitrogen and oxygen atoms in total. The number of aryl methyl sites for hydroxylation is 1. The second kappa shape index (κ2) is 13.9. The van der Waals surface area contributed by atoms with Crippen LogP contribution in [0.25, 0.3) is 16.6 Å². The summed E-state index contributed by atoms with van der Waals surface area (Å²) in [6.07, 6.45) is 5.30. The number of hydrogen-bond donors (Lipinski definition) is 2. The van der Waals surface area contributed by atoms with Crippen molar-refractivity contribution in [2.45, 2.75) is 38.8 Å². The number of carbonyl (C=O) groups is 1. The molecule has 214 valence electrons. The molecule has 1 saturated heterocycles. The summed E-state index contributed by atoms with van der Waals surface area (Å²) >= 11 is 6.00. The van der Waals surface area contributed by atoms with Gasteiger partial charge in [0, 0.05) is 55.1 Å². The lowest BCUT2D eigenvalue weighted by Gasteiger charge is -2.26. The van der Waals surface area contributed by atoms with Crippen LogP contribution in [0.2, 0.25) is 5.02 Å². The standard InChI is InChI=1S/C33H36ClN3O4/c34-27-11-8-25(9-12-27)21-35-33(40)30-23-37(28-7-4-6-24(19-28)5-2-1-3-16-38)31-13-10-26(20-29(31)32(30)39)22-36-14-17-41-18-15-36/h4,6-13,19-20,23,38H,1-3,5,14-18,21-22H2,(H,35,40). The summed E-state index contributed by atoms with van der Waals surface area (Å²) in [5.74, 6) is -0.417. The Bertz CT molecular complexity index is 1540. The Morgan fingerprint density at radius 1 is 0.927 bits per heavy atom. The van der Waals surface area contributed by atoms with E-state index in [1.54, 1.807) is 18.3 Å². The summed E-state index contributed by atoms with van der Waals surface area (Å²) in [6.45, 7) is 4.31. The molecule has 0 radical (unpaired) electrons. The maximum Gasteiger partial charge on any atom is 0.257 e. The lowest BCUT2D eigenvalue weighted by atomic mass is 10.0. The van der Waals surface area contributed by atoms with Crippen LogP contribution in [0, 0.1) is 0 Å². The Hall–Kier alpha value is -3.49. The van der Waals surface area contributed by atoms with E-state index in [0.29, 0.717) is 23.6 Å². The number of amides is 1. The van der Waals surface area contributed by atoms with E-state index in [1.165, 1.54) is 5.56 Å². The molecule has 2 heterocycles. The van der Waals surface area contributed by atoms with Crippen LogP contribution in [-0.2, 0) is 24.2 Å². The average Bonchev–Trinajstić information content (AvgIpc) is 3.00. The van der Waals surface area contributed by atoms with Crippen molar-refractivity contribution in [1.82, 2.24) is 14.8 Å². The third-order valence-electron chi connectivity index (χ3n) is 7.50. The largest absolute Gasteiger partial charge is 0.396 e. The highest BCUT2D eigenvalue weighted by Gasteiger charge is 2.18. The van der Waals surface area contributed by atoms with Crippen LogP contribution in [0.3, 0.4) is 0 Å². The molecular formula is C33H36ClN3O4. The fourth-order valence-corrected chi connectivity index (χ4v) is 5.35. The van der Waals surface area contributed by atoms with E-state index >= 15 is 0 Å². The van der Waals surface area contributed by atoms with Crippen molar-refractivity contribution in [1.29, 1.82) is 0 Å². The van der Waals surface area contributed by atoms with Crippen molar-refractivity contribution >= 4 is 28.4 Å². The van der Waals surface area contributed by atoms with Gasteiger partial charge in [0.05, 0.1) is 18.7 Å². The maximum absolute atomic E-state index is 13.8. The Kier molecular flexibility index (Phi) is 9.85. The predicted octanol–water partition coefficient (Wildman–Crippen LogP) is 5.11. The molecule has 0 spiro atoms. The topological polar surface area (TPSA) is 83.8 Å². The van der Waals surface area contributed by atoms with Crippen molar-refractivity contribution in [2.75, 3.05) is 32.9 Å². The quantitative estimate of drug-likeness (QED) is 0.244. The van der Waals surface area contributed by atoms with Gasteiger partial charge < -0.3 is 19.7 Å². The number of aliphatic hydroxyl groups excluding tert-OH is 1. The number of aliphatic hydroxyl groups is 1. The number of pyridine rings is 1.